The lowest BCUT2D eigenvalue weighted by atomic mass is 10.0. The molecule has 9 heteroatoms. The Balaban J connectivity index is 1.52. The van der Waals surface area contributed by atoms with E-state index in [0.717, 1.165) is 58.4 Å². The van der Waals surface area contributed by atoms with Crippen LogP contribution >= 0.6 is 22.7 Å². The molecule has 1 saturated heterocycles. The van der Waals surface area contributed by atoms with Gasteiger partial charge in [0, 0.05) is 24.5 Å². The van der Waals surface area contributed by atoms with Crippen molar-refractivity contribution in [3.05, 3.63) is 27.8 Å². The van der Waals surface area contributed by atoms with E-state index in [1.165, 1.54) is 11.3 Å². The standard InChI is InChI=1S/C19H23N5O2S2/c1-4-26-18(25)15-12(3)14-16(20-10-21-17(14)28-15)24-7-5-13(6-8-24)23-19-22-11(2)9-27-19/h9-10,13H,4-8H2,1-3H3,(H,22,23). The minimum Gasteiger partial charge on any atom is -0.462 e. The largest absolute Gasteiger partial charge is 0.462 e. The van der Waals surface area contributed by atoms with E-state index >= 15 is 0 Å². The highest BCUT2D eigenvalue weighted by Crippen LogP contribution is 2.36. The fourth-order valence-electron chi connectivity index (χ4n) is 3.51. The molecule has 4 heterocycles. The monoisotopic (exact) mass is 417 g/mol. The summed E-state index contributed by atoms with van der Waals surface area (Å²) in [6, 6.07) is 0.415. The summed E-state index contributed by atoms with van der Waals surface area (Å²) in [5.74, 6) is 0.633. The molecule has 1 aliphatic heterocycles. The van der Waals surface area contributed by atoms with Crippen molar-refractivity contribution in [3.8, 4) is 0 Å². The molecule has 0 spiro atoms. The average molecular weight is 418 g/mol. The number of thiazole rings is 1. The van der Waals surface area contributed by atoms with Crippen LogP contribution in [0, 0.1) is 13.8 Å². The van der Waals surface area contributed by atoms with Gasteiger partial charge in [-0.05, 0) is 39.2 Å². The first-order valence-electron chi connectivity index (χ1n) is 9.41. The molecule has 0 aromatic carbocycles. The van der Waals surface area contributed by atoms with Gasteiger partial charge in [-0.25, -0.2) is 19.7 Å². The number of aryl methyl sites for hydroxylation is 2. The van der Waals surface area contributed by atoms with Crippen LogP contribution in [-0.2, 0) is 4.74 Å². The minimum atomic E-state index is -0.282. The Hall–Kier alpha value is -2.26. The maximum absolute atomic E-state index is 12.3. The molecule has 0 saturated carbocycles. The molecule has 3 aromatic heterocycles. The molecule has 3 aromatic rings. The summed E-state index contributed by atoms with van der Waals surface area (Å²) in [4.78, 5) is 29.5. The number of aromatic nitrogens is 3. The number of rotatable bonds is 5. The molecule has 0 atom stereocenters. The maximum Gasteiger partial charge on any atom is 0.348 e. The van der Waals surface area contributed by atoms with Crippen LogP contribution < -0.4 is 10.2 Å². The Morgan fingerprint density at radius 3 is 2.79 bits per heavy atom. The van der Waals surface area contributed by atoms with Gasteiger partial charge in [0.1, 0.15) is 21.9 Å². The highest BCUT2D eigenvalue weighted by molar-refractivity contribution is 7.20. The molecular formula is C19H23N5O2S2. The zero-order valence-electron chi connectivity index (χ0n) is 16.2. The van der Waals surface area contributed by atoms with Gasteiger partial charge in [-0.15, -0.1) is 22.7 Å². The van der Waals surface area contributed by atoms with Crippen LogP contribution in [0.25, 0.3) is 10.2 Å². The van der Waals surface area contributed by atoms with Crippen LogP contribution in [-0.4, -0.2) is 46.7 Å². The van der Waals surface area contributed by atoms with Crippen LogP contribution in [0.2, 0.25) is 0 Å². The summed E-state index contributed by atoms with van der Waals surface area (Å²) in [5, 5.41) is 7.57. The highest BCUT2D eigenvalue weighted by Gasteiger charge is 2.26. The Kier molecular flexibility index (Phi) is 5.45. The summed E-state index contributed by atoms with van der Waals surface area (Å²) in [6.45, 7) is 7.95. The van der Waals surface area contributed by atoms with Gasteiger partial charge in [0.15, 0.2) is 5.13 Å². The molecule has 0 amide bonds. The lowest BCUT2D eigenvalue weighted by Crippen LogP contribution is -2.39. The van der Waals surface area contributed by atoms with Gasteiger partial charge in [-0.2, -0.15) is 0 Å². The zero-order valence-corrected chi connectivity index (χ0v) is 17.8. The van der Waals surface area contributed by atoms with Crippen molar-refractivity contribution in [3.63, 3.8) is 0 Å². The predicted octanol–water partition coefficient (Wildman–Crippen LogP) is 4.02. The van der Waals surface area contributed by atoms with Gasteiger partial charge in [-0.3, -0.25) is 0 Å². The van der Waals surface area contributed by atoms with Crippen LogP contribution in [0.3, 0.4) is 0 Å². The zero-order chi connectivity index (χ0) is 19.7. The lowest BCUT2D eigenvalue weighted by molar-refractivity contribution is 0.0531. The summed E-state index contributed by atoms with van der Waals surface area (Å²) in [7, 11) is 0. The lowest BCUT2D eigenvalue weighted by Gasteiger charge is -2.33. The third-order valence-electron chi connectivity index (χ3n) is 4.91. The van der Waals surface area contributed by atoms with Crippen LogP contribution in [0.5, 0.6) is 0 Å². The first-order chi connectivity index (χ1) is 13.6. The van der Waals surface area contributed by atoms with Gasteiger partial charge < -0.3 is 15.0 Å². The number of carbonyl (C=O) groups is 1. The molecule has 1 fully saturated rings. The second-order valence-electron chi connectivity index (χ2n) is 6.85. The molecule has 1 N–H and O–H groups in total. The number of nitrogens with zero attached hydrogens (tertiary/aromatic N) is 4. The quantitative estimate of drug-likeness (QED) is 0.628. The second kappa shape index (κ2) is 8.00. The number of hydrogen-bond acceptors (Lipinski definition) is 9. The molecule has 4 rings (SSSR count). The number of fused-ring (bicyclic) bond motifs is 1. The summed E-state index contributed by atoms with van der Waals surface area (Å²) >= 11 is 3.04. The van der Waals surface area contributed by atoms with Crippen LogP contribution in [0.15, 0.2) is 11.7 Å². The normalized spacial score (nSPS) is 15.2. The van der Waals surface area contributed by atoms with E-state index in [1.54, 1.807) is 17.7 Å². The third kappa shape index (κ3) is 3.68. The van der Waals surface area contributed by atoms with E-state index in [2.05, 4.69) is 30.5 Å². The first kappa shape index (κ1) is 19.1. The number of hydrogen-bond donors (Lipinski definition) is 1. The molecule has 7 nitrogen and oxygen atoms in total. The maximum atomic E-state index is 12.3. The Labute approximate surface area is 171 Å². The van der Waals surface area contributed by atoms with E-state index in [-0.39, 0.29) is 5.97 Å². The van der Waals surface area contributed by atoms with Gasteiger partial charge in [0.25, 0.3) is 0 Å². The molecule has 1 aliphatic rings. The van der Waals surface area contributed by atoms with Crippen molar-refractivity contribution in [2.24, 2.45) is 0 Å². The summed E-state index contributed by atoms with van der Waals surface area (Å²) in [6.07, 6.45) is 3.61. The van der Waals surface area contributed by atoms with Gasteiger partial charge >= 0.3 is 5.97 Å². The fraction of sp³-hybridized carbons (Fsp3) is 0.474. The van der Waals surface area contributed by atoms with Crippen molar-refractivity contribution >= 4 is 49.8 Å². The summed E-state index contributed by atoms with van der Waals surface area (Å²) in [5.41, 5.74) is 1.96. The van der Waals surface area contributed by atoms with E-state index in [9.17, 15) is 4.79 Å². The number of piperidine rings is 1. The van der Waals surface area contributed by atoms with E-state index < -0.39 is 0 Å². The number of ether oxygens (including phenoxy) is 1. The summed E-state index contributed by atoms with van der Waals surface area (Å²) < 4.78 is 5.19. The van der Waals surface area contributed by atoms with E-state index in [4.69, 9.17) is 4.74 Å². The van der Waals surface area contributed by atoms with Crippen molar-refractivity contribution in [2.45, 2.75) is 39.7 Å². The molecular weight excluding hydrogens is 394 g/mol. The minimum absolute atomic E-state index is 0.282. The molecule has 0 bridgehead atoms. The number of thiophene rings is 1. The van der Waals surface area contributed by atoms with Gasteiger partial charge in [0.05, 0.1) is 17.7 Å². The van der Waals surface area contributed by atoms with Crippen molar-refractivity contribution in [1.82, 2.24) is 15.0 Å². The van der Waals surface area contributed by atoms with Gasteiger partial charge in [0.2, 0.25) is 0 Å². The van der Waals surface area contributed by atoms with Crippen molar-refractivity contribution in [1.29, 1.82) is 0 Å². The van der Waals surface area contributed by atoms with E-state index in [0.29, 0.717) is 17.5 Å². The molecule has 0 radical (unpaired) electrons. The number of anilines is 2. The SMILES string of the molecule is CCOC(=O)c1sc2ncnc(N3CCC(Nc4nc(C)cs4)CC3)c2c1C. The number of carbonyl (C=O) groups excluding carboxylic acids is 1. The molecule has 28 heavy (non-hydrogen) atoms. The number of esters is 1. The van der Waals surface area contributed by atoms with Crippen molar-refractivity contribution < 1.29 is 9.53 Å². The molecule has 0 unspecified atom stereocenters. The van der Waals surface area contributed by atoms with E-state index in [1.807, 2.05) is 20.8 Å². The highest BCUT2D eigenvalue weighted by atomic mass is 32.1. The van der Waals surface area contributed by atoms with Crippen LogP contribution in [0.4, 0.5) is 10.9 Å². The fourth-order valence-corrected chi connectivity index (χ4v) is 5.32. The first-order valence-corrected chi connectivity index (χ1v) is 11.1. The van der Waals surface area contributed by atoms with Gasteiger partial charge in [-0.1, -0.05) is 0 Å². The van der Waals surface area contributed by atoms with Crippen molar-refractivity contribution in [2.75, 3.05) is 29.9 Å². The Morgan fingerprint density at radius 2 is 2.11 bits per heavy atom. The number of nitrogens with one attached hydrogen (secondary N) is 1. The second-order valence-corrected chi connectivity index (χ2v) is 8.71. The molecule has 148 valence electrons. The third-order valence-corrected chi connectivity index (χ3v) is 6.98. The topological polar surface area (TPSA) is 80.2 Å². The van der Waals surface area contributed by atoms with Crippen LogP contribution in [0.1, 0.15) is 40.7 Å². The average Bonchev–Trinajstić information content (AvgIpc) is 3.26. The Morgan fingerprint density at radius 1 is 1.32 bits per heavy atom. The Bertz CT molecular complexity index is 992. The predicted molar refractivity (Wildman–Crippen MR) is 114 cm³/mol. The smallest absolute Gasteiger partial charge is 0.348 e. The molecule has 0 aliphatic carbocycles.